The summed E-state index contributed by atoms with van der Waals surface area (Å²) in [4.78, 5) is 0. The lowest BCUT2D eigenvalue weighted by Gasteiger charge is -2.22. The van der Waals surface area contributed by atoms with Gasteiger partial charge >= 0.3 is 11.0 Å². The number of alkyl halides is 6. The number of rotatable bonds is 6. The van der Waals surface area contributed by atoms with Crippen LogP contribution in [-0.2, 0) is 33.6 Å². The Morgan fingerprint density at radius 2 is 1.42 bits per heavy atom. The van der Waals surface area contributed by atoms with Crippen LogP contribution in [0.5, 0.6) is 0 Å². The summed E-state index contributed by atoms with van der Waals surface area (Å²) >= 11 is 0. The van der Waals surface area contributed by atoms with Gasteiger partial charge < -0.3 is 4.13 Å². The first kappa shape index (κ1) is 26.9. The number of hydrogen-bond acceptors (Lipinski definition) is 4. The molecule has 2 rings (SSSR count). The molecule has 176 valence electrons. The van der Waals surface area contributed by atoms with Crippen molar-refractivity contribution < 1.29 is 47.7 Å². The van der Waals surface area contributed by atoms with E-state index >= 15 is 0 Å². The van der Waals surface area contributed by atoms with Gasteiger partial charge in [0.2, 0.25) is 0 Å². The van der Waals surface area contributed by atoms with Crippen LogP contribution in [0, 0.1) is 0 Å². The van der Waals surface area contributed by atoms with Gasteiger partial charge in [-0.25, -0.2) is 26.0 Å². The van der Waals surface area contributed by atoms with Gasteiger partial charge in [0.05, 0.1) is 19.2 Å². The highest BCUT2D eigenvalue weighted by molar-refractivity contribution is 8.13. The third-order valence-corrected chi connectivity index (χ3v) is 6.38. The van der Waals surface area contributed by atoms with Crippen LogP contribution < -0.4 is 4.57 Å². The number of nitrogens with zero attached hydrogens (tertiary/aromatic N) is 3. The van der Waals surface area contributed by atoms with E-state index in [1.54, 1.807) is 0 Å². The van der Waals surface area contributed by atoms with Crippen LogP contribution in [-0.4, -0.2) is 32.4 Å². The number of imidazole rings is 1. The molecule has 0 aliphatic rings. The largest absolute Gasteiger partial charge is 0.480 e. The summed E-state index contributed by atoms with van der Waals surface area (Å²) in [7, 11) is -11.3. The first-order valence-corrected chi connectivity index (χ1v) is 11.4. The molecule has 0 unspecified atom stereocenters. The van der Waals surface area contributed by atoms with Gasteiger partial charge in [0.1, 0.15) is 12.4 Å². The summed E-state index contributed by atoms with van der Waals surface area (Å²) in [6, 6.07) is 10.6. The number of aryl methyl sites for hydroxylation is 2. The average Bonchev–Trinajstić information content (AvgIpc) is 2.99. The predicted octanol–water partition coefficient (Wildman–Crippen LogP) is 3.84. The molecule has 2 aromatic rings. The Balaban J connectivity index is 0.000000311. The number of sulfonamides is 2. The Hall–Kier alpha value is -2.13. The van der Waals surface area contributed by atoms with E-state index < -0.39 is 31.1 Å². The molecule has 0 atom stereocenters. The molecule has 1 heterocycles. The Bertz CT molecular complexity index is 1020. The van der Waals surface area contributed by atoms with Gasteiger partial charge in [-0.1, -0.05) is 31.5 Å². The predicted molar refractivity (Wildman–Crippen MR) is 99.3 cm³/mol. The molecule has 0 spiro atoms. The van der Waals surface area contributed by atoms with Crippen LogP contribution >= 0.6 is 0 Å². The van der Waals surface area contributed by atoms with E-state index in [0.29, 0.717) is 0 Å². The van der Waals surface area contributed by atoms with Gasteiger partial charge in [-0.2, -0.15) is 26.3 Å². The number of benzene rings is 1. The fourth-order valence-corrected chi connectivity index (χ4v) is 3.91. The number of aromatic nitrogens is 2. The van der Waals surface area contributed by atoms with Gasteiger partial charge in [0.25, 0.3) is 5.82 Å². The second-order valence-electron chi connectivity index (χ2n) is 6.06. The zero-order valence-electron chi connectivity index (χ0n) is 16.2. The Morgan fingerprint density at radius 1 is 0.935 bits per heavy atom. The Morgan fingerprint density at radius 3 is 1.84 bits per heavy atom. The second kappa shape index (κ2) is 9.99. The zero-order valence-corrected chi connectivity index (χ0v) is 17.9. The van der Waals surface area contributed by atoms with E-state index in [4.69, 9.17) is 0 Å². The van der Waals surface area contributed by atoms with Crippen molar-refractivity contribution in [2.24, 2.45) is 7.05 Å². The van der Waals surface area contributed by atoms with Gasteiger partial charge in [-0.3, -0.25) is 0 Å². The molecule has 0 radical (unpaired) electrons. The summed E-state index contributed by atoms with van der Waals surface area (Å²) in [6.45, 7) is 3.33. The van der Waals surface area contributed by atoms with Crippen LogP contribution in [0.25, 0.3) is 15.5 Å². The smallest absolute Gasteiger partial charge is 0.421 e. The van der Waals surface area contributed by atoms with Crippen molar-refractivity contribution in [1.29, 1.82) is 0 Å². The molecule has 31 heavy (non-hydrogen) atoms. The number of hydrogen-bond donors (Lipinski definition) is 0. The molecule has 0 fully saturated rings. The van der Waals surface area contributed by atoms with E-state index in [9.17, 15) is 43.2 Å². The molecule has 0 amide bonds. The maximum atomic E-state index is 11.4. The summed E-state index contributed by atoms with van der Waals surface area (Å²) in [5.41, 5.74) is -11.1. The van der Waals surface area contributed by atoms with Crippen molar-refractivity contribution in [1.82, 2.24) is 4.57 Å². The highest BCUT2D eigenvalue weighted by atomic mass is 32.3. The van der Waals surface area contributed by atoms with Crippen LogP contribution in [0.15, 0.2) is 42.7 Å². The third-order valence-electron chi connectivity index (χ3n) is 3.64. The highest BCUT2D eigenvalue weighted by Gasteiger charge is 2.46. The second-order valence-corrected chi connectivity index (χ2v) is 9.48. The first-order valence-electron chi connectivity index (χ1n) is 8.50. The topological polar surface area (TPSA) is 91.2 Å². The van der Waals surface area contributed by atoms with Crippen LogP contribution in [0.4, 0.5) is 26.3 Å². The molecule has 0 saturated carbocycles. The van der Waals surface area contributed by atoms with Crippen LogP contribution in [0.1, 0.15) is 19.8 Å². The molecule has 0 aliphatic heterocycles. The Labute approximate surface area is 175 Å². The van der Waals surface area contributed by atoms with Crippen molar-refractivity contribution in [3.8, 4) is 11.4 Å². The summed E-state index contributed by atoms with van der Waals surface area (Å²) in [6.07, 6.45) is 6.75. The molecule has 1 aromatic heterocycles. The summed E-state index contributed by atoms with van der Waals surface area (Å²) in [5.74, 6) is 1.29. The van der Waals surface area contributed by atoms with Gasteiger partial charge in [0, 0.05) is 0 Å². The molecule has 0 saturated heterocycles. The molecule has 0 bridgehead atoms. The van der Waals surface area contributed by atoms with Crippen LogP contribution in [0.3, 0.4) is 0 Å². The van der Waals surface area contributed by atoms with Gasteiger partial charge in [-0.05, 0) is 18.6 Å². The van der Waals surface area contributed by atoms with E-state index in [1.807, 2.05) is 0 Å². The zero-order chi connectivity index (χ0) is 24.1. The molecular formula is C16H19F6N3O4S2. The van der Waals surface area contributed by atoms with E-state index in [-0.39, 0.29) is 0 Å². The van der Waals surface area contributed by atoms with Crippen molar-refractivity contribution in [2.45, 2.75) is 37.3 Å². The van der Waals surface area contributed by atoms with Gasteiger partial charge in [0.15, 0.2) is 20.0 Å². The van der Waals surface area contributed by atoms with Crippen molar-refractivity contribution in [3.05, 3.63) is 46.9 Å². The normalized spacial score (nSPS) is 12.9. The van der Waals surface area contributed by atoms with E-state index in [1.165, 1.54) is 24.2 Å². The number of halogens is 6. The standard InChI is InChI=1S/C14H19N2.C2F6NO4S2/c1-3-4-10-16-12-11-15(2)14(16)13-8-6-5-7-9-13;3-1(4,5)14(10,11)9-15(12,13)2(6,7)8/h5-9,11-12H,3-4,10H2,1-2H3;/q+1;-1. The molecule has 0 N–H and O–H groups in total. The molecule has 0 aliphatic carbocycles. The number of unbranched alkanes of at least 4 members (excludes halogenated alkanes) is 1. The van der Waals surface area contributed by atoms with E-state index in [2.05, 4.69) is 65.8 Å². The lowest BCUT2D eigenvalue weighted by atomic mass is 10.2. The van der Waals surface area contributed by atoms with Gasteiger partial charge in [-0.15, -0.1) is 0 Å². The summed E-state index contributed by atoms with van der Waals surface area (Å²) in [5, 5.41) is 0. The lowest BCUT2D eigenvalue weighted by molar-refractivity contribution is -0.659. The van der Waals surface area contributed by atoms with Crippen LogP contribution in [0.2, 0.25) is 0 Å². The SMILES string of the molecule is CCCCn1cc[n+](C)c1-c1ccccc1.O=S(=O)([N-]S(=O)(=O)C(F)(F)F)C(F)(F)F. The minimum Gasteiger partial charge on any atom is -0.421 e. The highest BCUT2D eigenvalue weighted by Crippen LogP contribution is 2.36. The molecule has 7 nitrogen and oxygen atoms in total. The van der Waals surface area contributed by atoms with Crippen molar-refractivity contribution >= 4 is 20.0 Å². The molecular weight excluding hydrogens is 476 g/mol. The minimum atomic E-state index is -6.72. The fraction of sp³-hybridized carbons (Fsp3) is 0.438. The van der Waals surface area contributed by atoms with Crippen molar-refractivity contribution in [3.63, 3.8) is 0 Å². The lowest BCUT2D eigenvalue weighted by Crippen LogP contribution is -2.30. The summed E-state index contributed by atoms with van der Waals surface area (Å²) < 4.78 is 114. The molecule has 15 heteroatoms. The minimum absolute atomic E-state index is 0.778. The van der Waals surface area contributed by atoms with Crippen molar-refractivity contribution in [2.75, 3.05) is 0 Å². The average molecular weight is 495 g/mol. The fourth-order valence-electron chi connectivity index (χ4n) is 2.20. The monoisotopic (exact) mass is 495 g/mol. The maximum absolute atomic E-state index is 11.4. The first-order chi connectivity index (χ1) is 14.0. The quantitative estimate of drug-likeness (QED) is 0.450. The molecule has 1 aromatic carbocycles. The Kier molecular flexibility index (Phi) is 8.67. The third kappa shape index (κ3) is 7.21. The maximum Gasteiger partial charge on any atom is 0.480 e. The van der Waals surface area contributed by atoms with E-state index in [0.717, 1.165) is 10.7 Å².